The van der Waals surface area contributed by atoms with Gasteiger partial charge in [-0.2, -0.15) is 13.2 Å². The first-order valence-corrected chi connectivity index (χ1v) is 9.24. The number of hydrogen-bond acceptors (Lipinski definition) is 4. The van der Waals surface area contributed by atoms with Crippen LogP contribution in [-0.4, -0.2) is 31.2 Å². The fourth-order valence-corrected chi connectivity index (χ4v) is 3.63. The Morgan fingerprint density at radius 3 is 2.33 bits per heavy atom. The third-order valence-corrected chi connectivity index (χ3v) is 4.94. The summed E-state index contributed by atoms with van der Waals surface area (Å²) < 4.78 is 44.6. The van der Waals surface area contributed by atoms with Crippen LogP contribution < -0.4 is 4.90 Å². The number of carbonyl (C=O) groups is 2. The monoisotopic (exact) mass is 418 g/mol. The minimum atomic E-state index is -4.54. The molecule has 1 amide bonds. The Balaban J connectivity index is 2.16. The molecule has 0 bridgehead atoms. The molecule has 2 aromatic rings. The van der Waals surface area contributed by atoms with Crippen molar-refractivity contribution in [3.05, 3.63) is 58.7 Å². The normalized spacial score (nSPS) is 16.6. The molecule has 8 heteroatoms. The van der Waals surface area contributed by atoms with Gasteiger partial charge >= 0.3 is 12.1 Å². The van der Waals surface area contributed by atoms with Crippen molar-refractivity contribution in [3.63, 3.8) is 0 Å². The summed E-state index contributed by atoms with van der Waals surface area (Å²) in [6, 6.07) is 8.66. The van der Waals surface area contributed by atoms with Crippen LogP contribution in [0.1, 0.15) is 35.1 Å². The van der Waals surface area contributed by atoms with Crippen LogP contribution in [0.15, 0.2) is 41.4 Å². The molecule has 0 aliphatic carbocycles. The van der Waals surface area contributed by atoms with E-state index in [1.165, 1.54) is 18.1 Å². The molecule has 1 aliphatic heterocycles. The lowest BCUT2D eigenvalue weighted by Crippen LogP contribution is -2.27. The van der Waals surface area contributed by atoms with Gasteiger partial charge in [-0.1, -0.05) is 12.1 Å². The van der Waals surface area contributed by atoms with E-state index in [-0.39, 0.29) is 12.2 Å². The minimum absolute atomic E-state index is 0.164. The van der Waals surface area contributed by atoms with Gasteiger partial charge in [-0.05, 0) is 61.7 Å². The van der Waals surface area contributed by atoms with Gasteiger partial charge in [0, 0.05) is 11.4 Å². The molecule has 0 spiro atoms. The number of anilines is 2. The van der Waals surface area contributed by atoms with Gasteiger partial charge in [-0.15, -0.1) is 0 Å². The average molecular weight is 418 g/mol. The van der Waals surface area contributed by atoms with Gasteiger partial charge in [-0.3, -0.25) is 19.5 Å². The van der Waals surface area contributed by atoms with E-state index in [2.05, 4.69) is 9.73 Å². The van der Waals surface area contributed by atoms with Crippen LogP contribution in [-0.2, 0) is 20.5 Å². The third-order valence-electron chi connectivity index (χ3n) is 4.94. The number of methoxy groups -OCH3 is 1. The van der Waals surface area contributed by atoms with Crippen molar-refractivity contribution in [2.45, 2.75) is 32.9 Å². The molecule has 0 aromatic heterocycles. The summed E-state index contributed by atoms with van der Waals surface area (Å²) in [5.41, 5.74) is 2.32. The van der Waals surface area contributed by atoms with E-state index in [0.29, 0.717) is 17.0 Å². The van der Waals surface area contributed by atoms with Gasteiger partial charge in [0.25, 0.3) is 0 Å². The third kappa shape index (κ3) is 4.08. The predicted octanol–water partition coefficient (Wildman–Crippen LogP) is 4.72. The zero-order valence-electron chi connectivity index (χ0n) is 17.0. The van der Waals surface area contributed by atoms with Crippen LogP contribution in [0.2, 0.25) is 0 Å². The van der Waals surface area contributed by atoms with Gasteiger partial charge in [0.15, 0.2) is 0 Å². The molecule has 30 heavy (non-hydrogen) atoms. The summed E-state index contributed by atoms with van der Waals surface area (Å²) in [5, 5.41) is 0. The summed E-state index contributed by atoms with van der Waals surface area (Å²) in [6.45, 7) is 5.01. The minimum Gasteiger partial charge on any atom is -0.468 e. The number of rotatable bonds is 4. The number of ether oxygens (including phenoxy) is 1. The Labute approximate surface area is 172 Å². The largest absolute Gasteiger partial charge is 0.468 e. The molecule has 0 saturated carbocycles. The second kappa shape index (κ2) is 7.93. The molecule has 5 nitrogen and oxygen atoms in total. The molecule has 2 aromatic carbocycles. The van der Waals surface area contributed by atoms with E-state index in [0.717, 1.165) is 23.3 Å². The van der Waals surface area contributed by atoms with Crippen LogP contribution in [0.5, 0.6) is 0 Å². The van der Waals surface area contributed by atoms with Gasteiger partial charge < -0.3 is 4.74 Å². The highest BCUT2D eigenvalue weighted by atomic mass is 19.4. The molecule has 0 fully saturated rings. The van der Waals surface area contributed by atoms with E-state index < -0.39 is 29.5 Å². The number of aliphatic imine (C=N–C) groups is 1. The average Bonchev–Trinajstić information content (AvgIpc) is 2.95. The van der Waals surface area contributed by atoms with E-state index >= 15 is 0 Å². The van der Waals surface area contributed by atoms with Gasteiger partial charge in [-0.25, -0.2) is 0 Å². The molecule has 1 heterocycles. The highest BCUT2D eigenvalue weighted by Gasteiger charge is 2.42. The number of benzene rings is 2. The summed E-state index contributed by atoms with van der Waals surface area (Å²) >= 11 is 0. The van der Waals surface area contributed by atoms with Crippen molar-refractivity contribution >= 4 is 29.0 Å². The molecule has 1 aliphatic rings. The van der Waals surface area contributed by atoms with E-state index in [1.807, 2.05) is 19.9 Å². The summed E-state index contributed by atoms with van der Waals surface area (Å²) in [6.07, 6.45) is -4.54. The van der Waals surface area contributed by atoms with Crippen LogP contribution >= 0.6 is 0 Å². The zero-order valence-corrected chi connectivity index (χ0v) is 17.0. The summed E-state index contributed by atoms with van der Waals surface area (Å²) in [4.78, 5) is 30.2. The second-order valence-corrected chi connectivity index (χ2v) is 7.26. The Kier molecular flexibility index (Phi) is 5.70. The lowest BCUT2D eigenvalue weighted by molar-refractivity contribution is -0.139. The van der Waals surface area contributed by atoms with Crippen LogP contribution in [0.25, 0.3) is 0 Å². The molecule has 1 unspecified atom stereocenters. The number of halogens is 3. The second-order valence-electron chi connectivity index (χ2n) is 7.26. The van der Waals surface area contributed by atoms with Crippen molar-refractivity contribution in [1.29, 1.82) is 0 Å². The van der Waals surface area contributed by atoms with Crippen molar-refractivity contribution < 1.29 is 27.5 Å². The fourth-order valence-electron chi connectivity index (χ4n) is 3.63. The SMILES string of the molecule is COC(=O)CN=C(C)C1C(=O)N(c2cc(C)cc(C)c2)c2cc(C(F)(F)F)ccc21. The van der Waals surface area contributed by atoms with Gasteiger partial charge in [0.05, 0.1) is 18.4 Å². The maximum absolute atomic E-state index is 13.3. The maximum Gasteiger partial charge on any atom is 0.416 e. The fraction of sp³-hybridized carbons (Fsp3) is 0.318. The molecule has 3 rings (SSSR count). The standard InChI is InChI=1S/C22H21F3N2O3/c1-12-7-13(2)9-16(8-12)27-18-10-15(22(23,24)25)5-6-17(18)20(21(27)29)14(3)26-11-19(28)30-4/h5-10,20H,11H2,1-4H3. The van der Waals surface area contributed by atoms with Crippen molar-refractivity contribution in [3.8, 4) is 0 Å². The number of amides is 1. The van der Waals surface area contributed by atoms with Crippen LogP contribution in [0.4, 0.5) is 24.5 Å². The van der Waals surface area contributed by atoms with E-state index in [9.17, 15) is 22.8 Å². The van der Waals surface area contributed by atoms with Crippen molar-refractivity contribution in [1.82, 2.24) is 0 Å². The number of esters is 1. The molecule has 0 saturated heterocycles. The Morgan fingerprint density at radius 2 is 1.77 bits per heavy atom. The molecule has 0 radical (unpaired) electrons. The predicted molar refractivity (Wildman–Crippen MR) is 107 cm³/mol. The Hall–Kier alpha value is -3.16. The highest BCUT2D eigenvalue weighted by molar-refractivity contribution is 6.22. The number of aryl methyl sites for hydroxylation is 2. The first-order chi connectivity index (χ1) is 14.0. The quantitative estimate of drug-likeness (QED) is 0.533. The number of alkyl halides is 3. The molecular weight excluding hydrogens is 397 g/mol. The number of fused-ring (bicyclic) bond motifs is 1. The first-order valence-electron chi connectivity index (χ1n) is 9.24. The topological polar surface area (TPSA) is 59.0 Å². The number of hydrogen-bond donors (Lipinski definition) is 0. The van der Waals surface area contributed by atoms with E-state index in [4.69, 9.17) is 0 Å². The molecule has 0 N–H and O–H groups in total. The van der Waals surface area contributed by atoms with Crippen molar-refractivity contribution in [2.24, 2.45) is 4.99 Å². The van der Waals surface area contributed by atoms with Gasteiger partial charge in [0.2, 0.25) is 5.91 Å². The molecular formula is C22H21F3N2O3. The maximum atomic E-state index is 13.3. The molecule has 158 valence electrons. The zero-order chi connectivity index (χ0) is 22.2. The number of nitrogens with zero attached hydrogens (tertiary/aromatic N) is 2. The Morgan fingerprint density at radius 1 is 1.13 bits per heavy atom. The summed E-state index contributed by atoms with van der Waals surface area (Å²) in [7, 11) is 1.23. The first kappa shape index (κ1) is 21.5. The summed E-state index contributed by atoms with van der Waals surface area (Å²) in [5.74, 6) is -1.87. The highest BCUT2D eigenvalue weighted by Crippen LogP contribution is 2.45. The Bertz CT molecular complexity index is 1020. The number of carbonyl (C=O) groups excluding carboxylic acids is 2. The lowest BCUT2D eigenvalue weighted by atomic mass is 9.95. The smallest absolute Gasteiger partial charge is 0.416 e. The van der Waals surface area contributed by atoms with Crippen LogP contribution in [0, 0.1) is 13.8 Å². The van der Waals surface area contributed by atoms with Gasteiger partial charge in [0.1, 0.15) is 12.5 Å². The van der Waals surface area contributed by atoms with Crippen molar-refractivity contribution in [2.75, 3.05) is 18.6 Å². The lowest BCUT2D eigenvalue weighted by Gasteiger charge is -2.20. The molecule has 1 atom stereocenters. The van der Waals surface area contributed by atoms with Crippen LogP contribution in [0.3, 0.4) is 0 Å². The van der Waals surface area contributed by atoms with E-state index in [1.54, 1.807) is 19.1 Å².